The predicted octanol–water partition coefficient (Wildman–Crippen LogP) is 8.38. The molecule has 0 aromatic heterocycles. The van der Waals surface area contributed by atoms with Crippen LogP contribution in [0.3, 0.4) is 0 Å². The maximum atomic E-state index is 13.7. The second kappa shape index (κ2) is 11.4. The first-order valence-corrected chi connectivity index (χ1v) is 15.7. The van der Waals surface area contributed by atoms with E-state index in [2.05, 4.69) is 66.4 Å². The van der Waals surface area contributed by atoms with E-state index in [4.69, 9.17) is 0 Å². The molecule has 0 aromatic rings. The van der Waals surface area contributed by atoms with E-state index in [9.17, 15) is 19.2 Å². The van der Waals surface area contributed by atoms with Gasteiger partial charge in [0.05, 0.1) is 11.0 Å². The molecule has 4 nitrogen and oxygen atoms in total. The number of hydrogen-bond donors (Lipinski definition) is 1. The molecular weight excluding hydrogens is 499 g/mol. The third-order valence-electron chi connectivity index (χ3n) is 12.7. The fourth-order valence-electron chi connectivity index (χ4n) is 9.78. The van der Waals surface area contributed by atoms with Gasteiger partial charge in [-0.05, 0) is 91.8 Å². The fraction of sp³-hybridized carbons (Fsp3) is 0.800. The number of halogens is 1. The summed E-state index contributed by atoms with van der Waals surface area (Å²) in [4.78, 5) is 26.9. The van der Waals surface area contributed by atoms with Gasteiger partial charge in [0.2, 0.25) is 5.91 Å². The molecule has 224 valence electrons. The van der Waals surface area contributed by atoms with Crippen molar-refractivity contribution in [1.29, 1.82) is 5.26 Å². The average Bonchev–Trinajstić information content (AvgIpc) is 3.23. The van der Waals surface area contributed by atoms with Crippen molar-refractivity contribution in [3.63, 3.8) is 0 Å². The van der Waals surface area contributed by atoms with Gasteiger partial charge in [-0.2, -0.15) is 5.26 Å². The number of nitriles is 1. The normalized spacial score (nSPS) is 37.3. The maximum Gasteiger partial charge on any atom is 0.226 e. The lowest BCUT2D eigenvalue weighted by Gasteiger charge is -2.64. The predicted molar refractivity (Wildman–Crippen MR) is 161 cm³/mol. The Kier molecular flexibility index (Phi) is 9.26. The number of Topliss-reactive ketones (excluding diaryl/α,β-unsaturated/α-hetero) is 1. The number of rotatable bonds is 10. The van der Waals surface area contributed by atoms with Crippen LogP contribution in [0.5, 0.6) is 0 Å². The number of amides is 1. The van der Waals surface area contributed by atoms with Crippen molar-refractivity contribution in [2.75, 3.05) is 13.2 Å². The third kappa shape index (κ3) is 5.00. The molecule has 0 bridgehead atoms. The number of ketones is 1. The molecule has 0 spiro atoms. The molecule has 2 saturated carbocycles. The van der Waals surface area contributed by atoms with Gasteiger partial charge in [0.15, 0.2) is 5.78 Å². The van der Waals surface area contributed by atoms with Gasteiger partial charge >= 0.3 is 0 Å². The van der Waals surface area contributed by atoms with Crippen LogP contribution in [0.25, 0.3) is 0 Å². The lowest BCUT2D eigenvalue weighted by Crippen LogP contribution is -2.59. The van der Waals surface area contributed by atoms with Gasteiger partial charge in [-0.15, -0.1) is 0 Å². The van der Waals surface area contributed by atoms with Crippen LogP contribution >= 0.6 is 0 Å². The van der Waals surface area contributed by atoms with Gasteiger partial charge in [0.25, 0.3) is 0 Å². The van der Waals surface area contributed by atoms with Crippen molar-refractivity contribution in [2.24, 2.45) is 50.7 Å². The summed E-state index contributed by atoms with van der Waals surface area (Å²) in [6, 6.07) is 2.24. The number of carbonyl (C=O) groups excluding carboxylic acids is 2. The van der Waals surface area contributed by atoms with Crippen LogP contribution in [0.15, 0.2) is 23.8 Å². The minimum Gasteiger partial charge on any atom is -0.353 e. The van der Waals surface area contributed by atoms with E-state index in [1.807, 2.05) is 19.9 Å². The molecule has 40 heavy (non-hydrogen) atoms. The van der Waals surface area contributed by atoms with Gasteiger partial charge in [-0.25, -0.2) is 4.39 Å². The topological polar surface area (TPSA) is 70.0 Å². The number of nitrogens with one attached hydrogen (secondary N) is 1. The number of alkyl halides is 1. The van der Waals surface area contributed by atoms with Crippen molar-refractivity contribution in [2.45, 2.75) is 114 Å². The highest BCUT2D eigenvalue weighted by Gasteiger charge is 2.63. The number of hydrogen-bond acceptors (Lipinski definition) is 3. The Balaban J connectivity index is 2.01. The molecule has 2 fully saturated rings. The SMILES string of the molecule is C=C(C)C1CC[C@@](CCC(C)(C)[C@]2(C)CC[C@H]3C(C)(C)C(=O)C(C#N)=C[C@]3(C)[C@H]2CCC)(C(=O)NCCF)[C@H]1C. The Labute approximate surface area is 243 Å². The minimum atomic E-state index is -0.568. The molecule has 0 aromatic carbocycles. The number of nitrogens with zero attached hydrogens (tertiary/aromatic N) is 1. The molecule has 3 aliphatic rings. The smallest absolute Gasteiger partial charge is 0.226 e. The van der Waals surface area contributed by atoms with E-state index >= 15 is 0 Å². The molecule has 1 N–H and O–H groups in total. The molecule has 0 aliphatic heterocycles. The first kappa shape index (κ1) is 32.6. The van der Waals surface area contributed by atoms with E-state index in [0.717, 1.165) is 56.9 Å². The summed E-state index contributed by atoms with van der Waals surface area (Å²) in [5.41, 5.74) is -0.0497. The van der Waals surface area contributed by atoms with E-state index in [1.165, 1.54) is 0 Å². The molecule has 0 saturated heterocycles. The Morgan fingerprint density at radius 1 is 1.23 bits per heavy atom. The zero-order chi connectivity index (χ0) is 30.3. The zero-order valence-electron chi connectivity index (χ0n) is 26.8. The maximum absolute atomic E-state index is 13.7. The number of fused-ring (bicyclic) bond motifs is 1. The van der Waals surface area contributed by atoms with Crippen LogP contribution in [-0.2, 0) is 9.59 Å². The van der Waals surface area contributed by atoms with Crippen LogP contribution in [0.2, 0.25) is 0 Å². The largest absolute Gasteiger partial charge is 0.353 e. The Bertz CT molecular complexity index is 1080. The summed E-state index contributed by atoms with van der Waals surface area (Å²) in [6.45, 7) is 23.8. The van der Waals surface area contributed by atoms with E-state index < -0.39 is 17.5 Å². The Morgan fingerprint density at radius 3 is 2.40 bits per heavy atom. The van der Waals surface area contributed by atoms with Crippen LogP contribution in [0, 0.1) is 62.1 Å². The van der Waals surface area contributed by atoms with Crippen molar-refractivity contribution in [3.05, 3.63) is 23.8 Å². The first-order chi connectivity index (χ1) is 18.5. The van der Waals surface area contributed by atoms with Crippen LogP contribution in [0.4, 0.5) is 4.39 Å². The standard InChI is InChI=1S/C35H55FN2O2/c1-11-12-28-33(9)21-25(22-37)29(39)32(7,8)27(33)14-15-34(28,10)31(5,6)17-18-35(30(40)38-20-19-36)16-13-26(23(2)3)24(35)4/h21,24,26-28H,2,11-20H2,1,3-10H3,(H,38,40)/t24-,26?,27-,28+,33-,34+,35-/m0/s1. The molecule has 3 rings (SSSR count). The molecule has 7 atom stereocenters. The van der Waals surface area contributed by atoms with Crippen molar-refractivity contribution >= 4 is 11.7 Å². The van der Waals surface area contributed by atoms with E-state index in [-0.39, 0.29) is 46.3 Å². The van der Waals surface area contributed by atoms with Gasteiger partial charge < -0.3 is 5.32 Å². The fourth-order valence-corrected chi connectivity index (χ4v) is 9.78. The summed E-state index contributed by atoms with van der Waals surface area (Å²) in [7, 11) is 0. The quantitative estimate of drug-likeness (QED) is 0.276. The average molecular weight is 555 g/mol. The first-order valence-electron chi connectivity index (χ1n) is 15.7. The molecule has 1 amide bonds. The summed E-state index contributed by atoms with van der Waals surface area (Å²) in [5, 5.41) is 12.8. The lowest BCUT2D eigenvalue weighted by atomic mass is 9.39. The highest BCUT2D eigenvalue weighted by atomic mass is 19.1. The van der Waals surface area contributed by atoms with Gasteiger partial charge in [0, 0.05) is 12.0 Å². The summed E-state index contributed by atoms with van der Waals surface area (Å²) >= 11 is 0. The second-order valence-electron chi connectivity index (χ2n) is 15.2. The summed E-state index contributed by atoms with van der Waals surface area (Å²) in [5.74, 6) is 0.924. The number of carbonyl (C=O) groups is 2. The molecule has 5 heteroatoms. The molecular formula is C35H55FN2O2. The van der Waals surface area contributed by atoms with E-state index in [0.29, 0.717) is 17.4 Å². The van der Waals surface area contributed by atoms with Crippen LogP contribution < -0.4 is 5.32 Å². The lowest BCUT2D eigenvalue weighted by molar-refractivity contribution is -0.154. The minimum absolute atomic E-state index is 0.00253. The summed E-state index contributed by atoms with van der Waals surface area (Å²) < 4.78 is 13.1. The summed E-state index contributed by atoms with van der Waals surface area (Å²) in [6.07, 6.45) is 9.47. The van der Waals surface area contributed by atoms with Crippen LogP contribution in [0.1, 0.15) is 114 Å². The molecule has 3 aliphatic carbocycles. The van der Waals surface area contributed by atoms with Gasteiger partial charge in [-0.1, -0.05) is 80.0 Å². The van der Waals surface area contributed by atoms with Crippen molar-refractivity contribution in [1.82, 2.24) is 5.32 Å². The molecule has 0 heterocycles. The Hall–Kier alpha value is -1.96. The molecule has 1 unspecified atom stereocenters. The van der Waals surface area contributed by atoms with Crippen molar-refractivity contribution in [3.8, 4) is 6.07 Å². The van der Waals surface area contributed by atoms with Gasteiger partial charge in [0.1, 0.15) is 12.7 Å². The highest BCUT2D eigenvalue weighted by Crippen LogP contribution is 2.68. The van der Waals surface area contributed by atoms with Crippen molar-refractivity contribution < 1.29 is 14.0 Å². The highest BCUT2D eigenvalue weighted by molar-refractivity contribution is 6.04. The third-order valence-corrected chi connectivity index (χ3v) is 12.7. The Morgan fingerprint density at radius 2 is 1.88 bits per heavy atom. The second-order valence-corrected chi connectivity index (χ2v) is 15.2. The molecule has 0 radical (unpaired) electrons. The van der Waals surface area contributed by atoms with Crippen LogP contribution in [-0.4, -0.2) is 24.9 Å². The monoisotopic (exact) mass is 554 g/mol. The number of allylic oxidation sites excluding steroid dienone is 3. The van der Waals surface area contributed by atoms with Gasteiger partial charge in [-0.3, -0.25) is 9.59 Å². The zero-order valence-corrected chi connectivity index (χ0v) is 26.8. The van der Waals surface area contributed by atoms with E-state index in [1.54, 1.807) is 0 Å².